The Kier molecular flexibility index (Phi) is 1.57. The zero-order chi connectivity index (χ0) is 7.56. The number of rotatable bonds is 1. The van der Waals surface area contributed by atoms with Crippen LogP contribution in [0.5, 0.6) is 0 Å². The number of nitrogens with zero attached hydrogens (tertiary/aromatic N) is 1. The number of hydrogen-bond donors (Lipinski definition) is 2. The molecule has 2 N–H and O–H groups in total. The Hall–Kier alpha value is -1.52. The maximum absolute atomic E-state index is 10.7. The Bertz CT molecular complexity index is 209. The van der Waals surface area contributed by atoms with Crippen LogP contribution in [0.1, 0.15) is 0 Å². The van der Waals surface area contributed by atoms with Gasteiger partial charge in [-0.05, 0) is 0 Å². The molecule has 0 spiro atoms. The van der Waals surface area contributed by atoms with Gasteiger partial charge in [-0.1, -0.05) is 0 Å². The molecule has 1 aliphatic heterocycles. The summed E-state index contributed by atoms with van der Waals surface area (Å²) in [5.74, 6) is -0.634. The lowest BCUT2D eigenvalue weighted by Gasteiger charge is -1.95. The summed E-state index contributed by atoms with van der Waals surface area (Å²) < 4.78 is 4.36. The van der Waals surface area contributed by atoms with Gasteiger partial charge in [-0.3, -0.25) is 10.8 Å². The van der Waals surface area contributed by atoms with Gasteiger partial charge in [-0.25, -0.2) is 4.79 Å². The molecule has 1 rings (SSSR count). The van der Waals surface area contributed by atoms with Gasteiger partial charge in [0.2, 0.25) is 0 Å². The molecule has 0 aliphatic carbocycles. The molecule has 0 atom stereocenters. The van der Waals surface area contributed by atoms with E-state index in [4.69, 9.17) is 5.41 Å². The van der Waals surface area contributed by atoms with Crippen LogP contribution in [0.15, 0.2) is 11.8 Å². The second-order valence-corrected chi connectivity index (χ2v) is 1.64. The summed E-state index contributed by atoms with van der Waals surface area (Å²) in [4.78, 5) is 10.7. The van der Waals surface area contributed by atoms with Crippen LogP contribution in [0.4, 0.5) is 0 Å². The molecule has 10 heavy (non-hydrogen) atoms. The molecule has 0 bridgehead atoms. The largest absolute Gasteiger partial charge is 0.465 e. The number of hydrogen-bond acceptors (Lipinski definition) is 4. The van der Waals surface area contributed by atoms with Gasteiger partial charge in [0.15, 0.2) is 5.84 Å². The normalized spacial score (nSPS) is 15.3. The van der Waals surface area contributed by atoms with E-state index < -0.39 is 5.97 Å². The third kappa shape index (κ3) is 0.928. The van der Waals surface area contributed by atoms with Gasteiger partial charge in [0.25, 0.3) is 0 Å². The van der Waals surface area contributed by atoms with Crippen molar-refractivity contribution >= 4 is 11.8 Å². The molecule has 0 fully saturated rings. The van der Waals surface area contributed by atoms with Crippen molar-refractivity contribution in [3.05, 3.63) is 11.8 Å². The van der Waals surface area contributed by atoms with Crippen molar-refractivity contribution in [3.8, 4) is 0 Å². The van der Waals surface area contributed by atoms with Crippen molar-refractivity contribution in [1.82, 2.24) is 10.9 Å². The van der Waals surface area contributed by atoms with E-state index in [-0.39, 0.29) is 11.4 Å². The fourth-order valence-corrected chi connectivity index (χ4v) is 0.556. The van der Waals surface area contributed by atoms with Crippen LogP contribution in [0, 0.1) is 5.41 Å². The van der Waals surface area contributed by atoms with Crippen LogP contribution in [0.25, 0.3) is 0 Å². The second kappa shape index (κ2) is 2.38. The van der Waals surface area contributed by atoms with E-state index in [1.807, 2.05) is 0 Å². The summed E-state index contributed by atoms with van der Waals surface area (Å²) in [5, 5.41) is 7.04. The van der Waals surface area contributed by atoms with Crippen molar-refractivity contribution in [2.45, 2.75) is 0 Å². The summed E-state index contributed by atoms with van der Waals surface area (Å²) in [6, 6.07) is 0. The van der Waals surface area contributed by atoms with Crippen LogP contribution in [0.3, 0.4) is 0 Å². The molecule has 0 saturated heterocycles. The Morgan fingerprint density at radius 1 is 1.90 bits per heavy atom. The zero-order valence-electron chi connectivity index (χ0n) is 5.34. The van der Waals surface area contributed by atoms with Gasteiger partial charge in [-0.15, -0.1) is 0 Å². The predicted octanol–water partition coefficient (Wildman–Crippen LogP) is -0.857. The fourth-order valence-electron chi connectivity index (χ4n) is 0.556. The van der Waals surface area contributed by atoms with Gasteiger partial charge in [0.1, 0.15) is 5.57 Å². The van der Waals surface area contributed by atoms with Crippen molar-refractivity contribution < 1.29 is 9.53 Å². The number of esters is 1. The van der Waals surface area contributed by atoms with Crippen molar-refractivity contribution in [2.24, 2.45) is 0 Å². The minimum Gasteiger partial charge on any atom is -0.465 e. The van der Waals surface area contributed by atoms with E-state index in [1.165, 1.54) is 13.3 Å². The molecular weight excluding hydrogens is 134 g/mol. The Labute approximate surface area is 57.5 Å². The molecule has 0 aromatic heterocycles. The number of nitrogens with one attached hydrogen (secondary N) is 2. The molecule has 1 radical (unpaired) electrons. The van der Waals surface area contributed by atoms with E-state index in [9.17, 15) is 4.79 Å². The van der Waals surface area contributed by atoms with Crippen molar-refractivity contribution in [1.29, 1.82) is 5.41 Å². The van der Waals surface area contributed by atoms with Gasteiger partial charge >= 0.3 is 5.97 Å². The van der Waals surface area contributed by atoms with E-state index in [0.29, 0.717) is 0 Å². The highest BCUT2D eigenvalue weighted by Crippen LogP contribution is 2.00. The molecule has 5 heteroatoms. The highest BCUT2D eigenvalue weighted by atomic mass is 16.5. The molecule has 0 aromatic rings. The van der Waals surface area contributed by atoms with Crippen LogP contribution in [-0.4, -0.2) is 18.9 Å². The van der Waals surface area contributed by atoms with Gasteiger partial charge < -0.3 is 4.74 Å². The minimum absolute atomic E-state index is 0.0909. The SMILES string of the molecule is COC(=O)C1=CN[N]C1=N. The minimum atomic E-state index is -0.543. The maximum atomic E-state index is 10.7. The molecule has 1 heterocycles. The summed E-state index contributed by atoms with van der Waals surface area (Å²) in [5.41, 5.74) is 5.96. The summed E-state index contributed by atoms with van der Waals surface area (Å²) >= 11 is 0. The predicted molar refractivity (Wildman–Crippen MR) is 33.1 cm³/mol. The first-order valence-electron chi connectivity index (χ1n) is 2.59. The highest BCUT2D eigenvalue weighted by molar-refractivity contribution is 6.18. The number of amidine groups is 1. The fraction of sp³-hybridized carbons (Fsp3) is 0.200. The summed E-state index contributed by atoms with van der Waals surface area (Å²) in [6.07, 6.45) is 1.33. The van der Waals surface area contributed by atoms with Crippen molar-refractivity contribution in [2.75, 3.05) is 7.11 Å². The first kappa shape index (κ1) is 6.60. The third-order valence-corrected chi connectivity index (χ3v) is 1.05. The molecule has 0 unspecified atom stereocenters. The monoisotopic (exact) mass is 140 g/mol. The zero-order valence-corrected chi connectivity index (χ0v) is 5.34. The topological polar surface area (TPSA) is 76.3 Å². The first-order chi connectivity index (χ1) is 4.75. The average Bonchev–Trinajstić information content (AvgIpc) is 2.34. The maximum Gasteiger partial charge on any atom is 0.343 e. The molecule has 5 nitrogen and oxygen atoms in total. The lowest BCUT2D eigenvalue weighted by molar-refractivity contribution is -0.135. The lowest BCUT2D eigenvalue weighted by Crippen LogP contribution is -2.19. The Balaban J connectivity index is 2.72. The smallest absolute Gasteiger partial charge is 0.343 e. The van der Waals surface area contributed by atoms with Crippen LogP contribution in [-0.2, 0) is 9.53 Å². The van der Waals surface area contributed by atoms with Gasteiger partial charge in [0, 0.05) is 6.20 Å². The third-order valence-electron chi connectivity index (χ3n) is 1.05. The molecule has 1 aliphatic rings. The average molecular weight is 140 g/mol. The molecule has 0 amide bonds. The van der Waals surface area contributed by atoms with E-state index >= 15 is 0 Å². The summed E-state index contributed by atoms with van der Waals surface area (Å²) in [6.45, 7) is 0. The Morgan fingerprint density at radius 2 is 2.60 bits per heavy atom. The number of methoxy groups -OCH3 is 1. The van der Waals surface area contributed by atoms with Crippen LogP contribution in [0.2, 0.25) is 0 Å². The van der Waals surface area contributed by atoms with E-state index in [1.54, 1.807) is 0 Å². The number of carbonyl (C=O) groups is 1. The molecule has 53 valence electrons. The lowest BCUT2D eigenvalue weighted by atomic mass is 10.3. The van der Waals surface area contributed by atoms with E-state index in [2.05, 4.69) is 15.6 Å². The van der Waals surface area contributed by atoms with E-state index in [0.717, 1.165) is 0 Å². The molecule has 0 aromatic carbocycles. The number of ether oxygens (including phenoxy) is 1. The van der Waals surface area contributed by atoms with Crippen molar-refractivity contribution in [3.63, 3.8) is 0 Å². The quantitative estimate of drug-likeness (QED) is 0.465. The highest BCUT2D eigenvalue weighted by Gasteiger charge is 2.20. The first-order valence-corrected chi connectivity index (χ1v) is 2.59. The molecule has 0 saturated carbocycles. The molecular formula is C5H6N3O2. The Morgan fingerprint density at radius 3 is 3.00 bits per heavy atom. The summed E-state index contributed by atoms with van der Waals surface area (Å²) in [7, 11) is 1.26. The second-order valence-electron chi connectivity index (χ2n) is 1.64. The van der Waals surface area contributed by atoms with Gasteiger partial charge in [0.05, 0.1) is 7.11 Å². The van der Waals surface area contributed by atoms with Crippen LogP contribution < -0.4 is 10.9 Å². The number of carbonyl (C=O) groups excluding carboxylic acids is 1. The standard InChI is InChI=1S/C5H6N3O2/c1-10-5(9)3-2-7-8-4(3)6/h2,6-7H,1H3. The van der Waals surface area contributed by atoms with Gasteiger partial charge in [-0.2, -0.15) is 5.43 Å². The van der Waals surface area contributed by atoms with Crippen LogP contribution >= 0.6 is 0 Å².